The van der Waals surface area contributed by atoms with Crippen LogP contribution in [0.2, 0.25) is 0 Å². The number of nitrogens with zero attached hydrogens (tertiary/aromatic N) is 2. The highest BCUT2D eigenvalue weighted by molar-refractivity contribution is 6.03. The van der Waals surface area contributed by atoms with Gasteiger partial charge in [-0.3, -0.25) is 4.79 Å². The summed E-state index contributed by atoms with van der Waals surface area (Å²) in [6.45, 7) is 3.93. The third kappa shape index (κ3) is 3.57. The normalized spacial score (nSPS) is 10.2. The van der Waals surface area contributed by atoms with Gasteiger partial charge >= 0.3 is 0 Å². The van der Waals surface area contributed by atoms with E-state index in [-0.39, 0.29) is 5.91 Å². The van der Waals surface area contributed by atoms with E-state index in [1.807, 2.05) is 62.4 Å². The first-order valence-electron chi connectivity index (χ1n) is 7.66. The highest BCUT2D eigenvalue weighted by Crippen LogP contribution is 2.20. The summed E-state index contributed by atoms with van der Waals surface area (Å²) in [6, 6.07) is 17.1. The van der Waals surface area contributed by atoms with Crippen LogP contribution in [0.4, 0.5) is 17.3 Å². The summed E-state index contributed by atoms with van der Waals surface area (Å²) < 4.78 is 0. The van der Waals surface area contributed by atoms with Gasteiger partial charge in [0.25, 0.3) is 5.91 Å². The van der Waals surface area contributed by atoms with Crippen LogP contribution in [-0.2, 0) is 0 Å². The van der Waals surface area contributed by atoms with Crippen LogP contribution in [-0.4, -0.2) is 15.9 Å². The molecule has 120 valence electrons. The number of aromatic nitrogens is 2. The van der Waals surface area contributed by atoms with Crippen molar-refractivity contribution in [1.29, 1.82) is 0 Å². The van der Waals surface area contributed by atoms with Crippen molar-refractivity contribution in [2.24, 2.45) is 0 Å². The van der Waals surface area contributed by atoms with Gasteiger partial charge in [-0.25, -0.2) is 9.97 Å². The van der Waals surface area contributed by atoms with Crippen LogP contribution in [0.25, 0.3) is 0 Å². The average Bonchev–Trinajstić information content (AvgIpc) is 2.59. The van der Waals surface area contributed by atoms with Crippen LogP contribution < -0.4 is 10.6 Å². The van der Waals surface area contributed by atoms with Crippen LogP contribution in [0, 0.1) is 13.8 Å². The minimum atomic E-state index is -0.258. The number of benzene rings is 2. The molecule has 1 amide bonds. The maximum absolute atomic E-state index is 12.5. The molecule has 0 saturated heterocycles. The Bertz CT molecular complexity index is 842. The van der Waals surface area contributed by atoms with Crippen molar-refractivity contribution in [3.8, 4) is 0 Å². The zero-order valence-corrected chi connectivity index (χ0v) is 13.6. The number of carbonyl (C=O) groups is 1. The van der Waals surface area contributed by atoms with E-state index >= 15 is 0 Å². The molecule has 0 unspecified atom stereocenters. The standard InChI is InChI=1S/C19H18N4O/c1-13-7-6-8-14(2)17(13)23-18(24)16-11-12-20-19(22-16)21-15-9-4-3-5-10-15/h3-12H,1-2H3,(H,23,24)(H,20,21,22). The Morgan fingerprint density at radius 2 is 1.62 bits per heavy atom. The molecule has 0 radical (unpaired) electrons. The Morgan fingerprint density at radius 3 is 2.33 bits per heavy atom. The van der Waals surface area contributed by atoms with E-state index in [2.05, 4.69) is 20.6 Å². The molecule has 3 rings (SSSR count). The van der Waals surface area contributed by atoms with Crippen molar-refractivity contribution in [2.45, 2.75) is 13.8 Å². The second-order valence-electron chi connectivity index (χ2n) is 5.48. The number of aryl methyl sites for hydroxylation is 2. The molecule has 0 atom stereocenters. The van der Waals surface area contributed by atoms with Crippen LogP contribution >= 0.6 is 0 Å². The third-order valence-corrected chi connectivity index (χ3v) is 3.64. The Kier molecular flexibility index (Phi) is 4.52. The summed E-state index contributed by atoms with van der Waals surface area (Å²) >= 11 is 0. The molecular formula is C19H18N4O. The van der Waals surface area contributed by atoms with Gasteiger partial charge in [-0.2, -0.15) is 0 Å². The highest BCUT2D eigenvalue weighted by atomic mass is 16.1. The number of carbonyl (C=O) groups excluding carboxylic acids is 1. The number of para-hydroxylation sites is 2. The predicted molar refractivity (Wildman–Crippen MR) is 95.6 cm³/mol. The van der Waals surface area contributed by atoms with Gasteiger partial charge in [0.15, 0.2) is 0 Å². The molecule has 2 aromatic carbocycles. The molecule has 5 heteroatoms. The first-order valence-corrected chi connectivity index (χ1v) is 7.66. The lowest BCUT2D eigenvalue weighted by atomic mass is 10.1. The van der Waals surface area contributed by atoms with E-state index in [0.29, 0.717) is 11.6 Å². The molecule has 0 aliphatic rings. The Hall–Kier alpha value is -3.21. The van der Waals surface area contributed by atoms with Gasteiger partial charge in [0.2, 0.25) is 5.95 Å². The fraction of sp³-hybridized carbons (Fsp3) is 0.105. The average molecular weight is 318 g/mol. The Morgan fingerprint density at radius 1 is 0.917 bits per heavy atom. The number of hydrogen-bond donors (Lipinski definition) is 2. The van der Waals surface area contributed by atoms with Crippen molar-refractivity contribution in [3.63, 3.8) is 0 Å². The lowest BCUT2D eigenvalue weighted by Gasteiger charge is -2.11. The number of anilines is 3. The number of hydrogen-bond acceptors (Lipinski definition) is 4. The van der Waals surface area contributed by atoms with Gasteiger partial charge in [0, 0.05) is 17.6 Å². The smallest absolute Gasteiger partial charge is 0.274 e. The monoisotopic (exact) mass is 318 g/mol. The first kappa shape index (κ1) is 15.7. The van der Waals surface area contributed by atoms with E-state index in [1.165, 1.54) is 0 Å². The second-order valence-corrected chi connectivity index (χ2v) is 5.48. The van der Waals surface area contributed by atoms with E-state index in [9.17, 15) is 4.79 Å². The van der Waals surface area contributed by atoms with E-state index in [0.717, 1.165) is 22.5 Å². The minimum absolute atomic E-state index is 0.258. The van der Waals surface area contributed by atoms with Crippen molar-refractivity contribution >= 4 is 23.2 Å². The lowest BCUT2D eigenvalue weighted by Crippen LogP contribution is -2.16. The molecule has 1 aromatic heterocycles. The third-order valence-electron chi connectivity index (χ3n) is 3.64. The molecule has 0 bridgehead atoms. The van der Waals surface area contributed by atoms with E-state index in [1.54, 1.807) is 12.3 Å². The van der Waals surface area contributed by atoms with Crippen LogP contribution in [0.3, 0.4) is 0 Å². The van der Waals surface area contributed by atoms with Crippen molar-refractivity contribution in [1.82, 2.24) is 9.97 Å². The largest absolute Gasteiger partial charge is 0.324 e. The maximum Gasteiger partial charge on any atom is 0.274 e. The molecule has 0 saturated carbocycles. The van der Waals surface area contributed by atoms with E-state index < -0.39 is 0 Å². The van der Waals surface area contributed by atoms with Gasteiger partial charge in [-0.1, -0.05) is 36.4 Å². The minimum Gasteiger partial charge on any atom is -0.324 e. The summed E-state index contributed by atoms with van der Waals surface area (Å²) in [5, 5.41) is 6.01. The first-order chi connectivity index (χ1) is 11.6. The fourth-order valence-electron chi connectivity index (χ4n) is 2.39. The van der Waals surface area contributed by atoms with Crippen molar-refractivity contribution < 1.29 is 4.79 Å². The quantitative estimate of drug-likeness (QED) is 0.760. The summed E-state index contributed by atoms with van der Waals surface area (Å²) in [7, 11) is 0. The molecule has 5 nitrogen and oxygen atoms in total. The number of amides is 1. The molecule has 0 aliphatic carbocycles. The molecule has 3 aromatic rings. The lowest BCUT2D eigenvalue weighted by molar-refractivity contribution is 0.102. The van der Waals surface area contributed by atoms with Crippen molar-refractivity contribution in [2.75, 3.05) is 10.6 Å². The molecular weight excluding hydrogens is 300 g/mol. The number of rotatable bonds is 4. The molecule has 0 aliphatic heterocycles. The zero-order chi connectivity index (χ0) is 16.9. The summed E-state index contributed by atoms with van der Waals surface area (Å²) in [4.78, 5) is 20.9. The molecule has 0 spiro atoms. The van der Waals surface area contributed by atoms with E-state index in [4.69, 9.17) is 0 Å². The molecule has 24 heavy (non-hydrogen) atoms. The molecule has 2 N–H and O–H groups in total. The van der Waals surface area contributed by atoms with Gasteiger partial charge < -0.3 is 10.6 Å². The van der Waals surface area contributed by atoms with Gasteiger partial charge in [-0.15, -0.1) is 0 Å². The summed E-state index contributed by atoms with van der Waals surface area (Å²) in [5.41, 5.74) is 4.02. The van der Waals surface area contributed by atoms with Gasteiger partial charge in [0.05, 0.1) is 0 Å². The predicted octanol–water partition coefficient (Wildman–Crippen LogP) is 4.09. The summed E-state index contributed by atoms with van der Waals surface area (Å²) in [5.74, 6) is 0.126. The Labute approximate surface area is 140 Å². The Balaban J connectivity index is 1.80. The van der Waals surface area contributed by atoms with Crippen LogP contribution in [0.15, 0.2) is 60.8 Å². The summed E-state index contributed by atoms with van der Waals surface area (Å²) in [6.07, 6.45) is 1.57. The van der Waals surface area contributed by atoms with Crippen LogP contribution in [0.5, 0.6) is 0 Å². The molecule has 1 heterocycles. The highest BCUT2D eigenvalue weighted by Gasteiger charge is 2.12. The fourth-order valence-corrected chi connectivity index (χ4v) is 2.39. The van der Waals surface area contributed by atoms with Gasteiger partial charge in [0.1, 0.15) is 5.69 Å². The zero-order valence-electron chi connectivity index (χ0n) is 13.6. The number of nitrogens with one attached hydrogen (secondary N) is 2. The second kappa shape index (κ2) is 6.91. The maximum atomic E-state index is 12.5. The topological polar surface area (TPSA) is 66.9 Å². The SMILES string of the molecule is Cc1cccc(C)c1NC(=O)c1ccnc(Nc2ccccc2)n1. The van der Waals surface area contributed by atoms with Crippen molar-refractivity contribution in [3.05, 3.63) is 77.6 Å². The van der Waals surface area contributed by atoms with Crippen LogP contribution in [0.1, 0.15) is 21.6 Å². The molecule has 0 fully saturated rings. The van der Waals surface area contributed by atoms with Gasteiger partial charge in [-0.05, 0) is 43.2 Å².